The third-order valence-corrected chi connectivity index (χ3v) is 5.28. The van der Waals surface area contributed by atoms with Crippen LogP contribution >= 0.6 is 11.6 Å². The van der Waals surface area contributed by atoms with Crippen molar-refractivity contribution in [3.8, 4) is 0 Å². The van der Waals surface area contributed by atoms with E-state index in [0.29, 0.717) is 18.0 Å². The Balaban J connectivity index is 1.45. The number of carbonyl (C=O) groups excluding carboxylic acids is 1. The Bertz CT molecular complexity index is 836. The van der Waals surface area contributed by atoms with Crippen molar-refractivity contribution >= 4 is 23.2 Å². The van der Waals surface area contributed by atoms with Gasteiger partial charge in [0, 0.05) is 42.1 Å². The first-order chi connectivity index (χ1) is 12.1. The number of benzene rings is 1. The first-order valence-corrected chi connectivity index (χ1v) is 8.99. The lowest BCUT2D eigenvalue weighted by Gasteiger charge is -2.22. The highest BCUT2D eigenvalue weighted by Crippen LogP contribution is 2.28. The van der Waals surface area contributed by atoms with E-state index in [0.717, 1.165) is 42.0 Å². The molecule has 0 saturated heterocycles. The van der Waals surface area contributed by atoms with Gasteiger partial charge in [-0.3, -0.25) is 9.78 Å². The topological polar surface area (TPSA) is 66.0 Å². The maximum atomic E-state index is 12.6. The lowest BCUT2D eigenvalue weighted by molar-refractivity contribution is -0.121. The van der Waals surface area contributed by atoms with Crippen LogP contribution in [-0.4, -0.2) is 23.5 Å². The van der Waals surface area contributed by atoms with Crippen LogP contribution in [0.15, 0.2) is 24.4 Å². The van der Waals surface area contributed by atoms with Gasteiger partial charge in [-0.1, -0.05) is 11.6 Å². The van der Waals surface area contributed by atoms with Crippen LogP contribution in [0.25, 0.3) is 0 Å². The number of amides is 1. The quantitative estimate of drug-likeness (QED) is 0.789. The highest BCUT2D eigenvalue weighted by atomic mass is 35.5. The Labute approximate surface area is 152 Å². The number of pyridine rings is 1. The molecule has 0 radical (unpaired) electrons. The Morgan fingerprint density at radius 2 is 2.28 bits per heavy atom. The minimum Gasteiger partial charge on any atom is -0.373 e. The van der Waals surface area contributed by atoms with Crippen LogP contribution in [0.1, 0.15) is 27.9 Å². The van der Waals surface area contributed by atoms with Gasteiger partial charge >= 0.3 is 0 Å². The van der Waals surface area contributed by atoms with Crippen LogP contribution in [0.3, 0.4) is 0 Å². The van der Waals surface area contributed by atoms with Gasteiger partial charge < -0.3 is 16.0 Å². The van der Waals surface area contributed by atoms with Gasteiger partial charge in [0.25, 0.3) is 0 Å². The number of anilines is 1. The summed E-state index contributed by atoms with van der Waals surface area (Å²) in [6.07, 6.45) is 3.59. The molecule has 0 saturated carbocycles. The Morgan fingerprint density at radius 3 is 3.16 bits per heavy atom. The summed E-state index contributed by atoms with van der Waals surface area (Å²) in [4.78, 5) is 17.1. The number of aryl methyl sites for hydroxylation is 1. The molecule has 130 valence electrons. The second-order valence-electron chi connectivity index (χ2n) is 6.67. The zero-order valence-corrected chi connectivity index (χ0v) is 14.9. The number of aromatic nitrogens is 1. The van der Waals surface area contributed by atoms with Crippen molar-refractivity contribution < 1.29 is 4.79 Å². The Morgan fingerprint density at radius 1 is 1.40 bits per heavy atom. The van der Waals surface area contributed by atoms with E-state index in [2.05, 4.69) is 20.9 Å². The zero-order chi connectivity index (χ0) is 17.4. The molecule has 1 amide bonds. The first-order valence-electron chi connectivity index (χ1n) is 8.61. The summed E-state index contributed by atoms with van der Waals surface area (Å²) in [5, 5.41) is 10.4. The third-order valence-electron chi connectivity index (χ3n) is 5.05. The van der Waals surface area contributed by atoms with Gasteiger partial charge in [0.05, 0.1) is 0 Å². The summed E-state index contributed by atoms with van der Waals surface area (Å²) < 4.78 is 0. The summed E-state index contributed by atoms with van der Waals surface area (Å²) in [6, 6.07) is 5.45. The minimum atomic E-state index is -0.247. The van der Waals surface area contributed by atoms with E-state index in [-0.39, 0.29) is 11.9 Å². The van der Waals surface area contributed by atoms with Crippen LogP contribution in [0, 0.1) is 6.92 Å². The molecule has 25 heavy (non-hydrogen) atoms. The van der Waals surface area contributed by atoms with Crippen molar-refractivity contribution in [2.24, 2.45) is 0 Å². The number of rotatable bonds is 3. The molecule has 0 fully saturated rings. The summed E-state index contributed by atoms with van der Waals surface area (Å²) in [7, 11) is 0. The highest BCUT2D eigenvalue weighted by molar-refractivity contribution is 6.30. The predicted octanol–water partition coefficient (Wildman–Crippen LogP) is 2.34. The van der Waals surface area contributed by atoms with Crippen molar-refractivity contribution in [2.45, 2.75) is 38.9 Å². The van der Waals surface area contributed by atoms with Crippen molar-refractivity contribution in [3.63, 3.8) is 0 Å². The maximum Gasteiger partial charge on any atom is 0.243 e. The molecule has 0 aliphatic carbocycles. The summed E-state index contributed by atoms with van der Waals surface area (Å²) in [6.45, 7) is 4.35. The molecule has 1 aromatic heterocycles. The van der Waals surface area contributed by atoms with Gasteiger partial charge in [0.15, 0.2) is 0 Å². The zero-order valence-electron chi connectivity index (χ0n) is 14.2. The lowest BCUT2D eigenvalue weighted by Crippen LogP contribution is -2.38. The number of fused-ring (bicyclic) bond motifs is 2. The van der Waals surface area contributed by atoms with E-state index in [1.54, 1.807) is 0 Å². The molecule has 0 spiro atoms. The smallest absolute Gasteiger partial charge is 0.243 e. The van der Waals surface area contributed by atoms with E-state index in [4.69, 9.17) is 11.6 Å². The number of nitrogens with zero attached hydrogens (tertiary/aromatic N) is 1. The van der Waals surface area contributed by atoms with E-state index in [1.807, 2.05) is 31.3 Å². The van der Waals surface area contributed by atoms with E-state index >= 15 is 0 Å². The summed E-state index contributed by atoms with van der Waals surface area (Å²) in [5.41, 5.74) is 6.81. The van der Waals surface area contributed by atoms with Gasteiger partial charge in [0.2, 0.25) is 5.91 Å². The van der Waals surface area contributed by atoms with Crippen LogP contribution in [0.4, 0.5) is 5.69 Å². The van der Waals surface area contributed by atoms with Crippen LogP contribution in [-0.2, 0) is 30.7 Å². The largest absolute Gasteiger partial charge is 0.373 e. The Hall–Kier alpha value is -2.11. The molecule has 0 bridgehead atoms. The fraction of sp³-hybridized carbons (Fsp3) is 0.368. The molecule has 1 atom stereocenters. The first kappa shape index (κ1) is 16.4. The molecular weight excluding hydrogens is 336 g/mol. The number of nitrogens with one attached hydrogen (secondary N) is 3. The van der Waals surface area contributed by atoms with Crippen LogP contribution in [0.5, 0.6) is 0 Å². The second-order valence-corrected chi connectivity index (χ2v) is 7.11. The molecular formula is C19H21ClN4O. The van der Waals surface area contributed by atoms with Crippen molar-refractivity contribution in [3.05, 3.63) is 57.4 Å². The van der Waals surface area contributed by atoms with Crippen molar-refractivity contribution in [2.75, 3.05) is 11.9 Å². The SMILES string of the molecule is Cc1ncc2c(c1CNC(=O)C1Cc3cc(Cl)ccc3N1)CCNC2. The van der Waals surface area contributed by atoms with Crippen LogP contribution in [0.2, 0.25) is 5.02 Å². The molecule has 2 aliphatic rings. The molecule has 1 unspecified atom stereocenters. The van der Waals surface area contributed by atoms with E-state index in [1.165, 1.54) is 11.1 Å². The minimum absolute atomic E-state index is 0.0123. The van der Waals surface area contributed by atoms with Gasteiger partial charge in [-0.2, -0.15) is 0 Å². The third kappa shape index (κ3) is 3.22. The average molecular weight is 357 g/mol. The molecule has 5 nitrogen and oxygen atoms in total. The fourth-order valence-electron chi connectivity index (χ4n) is 3.67. The lowest BCUT2D eigenvalue weighted by atomic mass is 9.96. The average Bonchev–Trinajstić information content (AvgIpc) is 3.04. The number of hydrogen-bond acceptors (Lipinski definition) is 4. The number of carbonyl (C=O) groups is 1. The van der Waals surface area contributed by atoms with Crippen LogP contribution < -0.4 is 16.0 Å². The predicted molar refractivity (Wildman–Crippen MR) is 98.8 cm³/mol. The van der Waals surface area contributed by atoms with Gasteiger partial charge in [0.1, 0.15) is 6.04 Å². The van der Waals surface area contributed by atoms with Gasteiger partial charge in [-0.15, -0.1) is 0 Å². The summed E-state index contributed by atoms with van der Waals surface area (Å²) in [5.74, 6) is 0.0123. The molecule has 2 aliphatic heterocycles. The second kappa shape index (κ2) is 6.65. The van der Waals surface area contributed by atoms with E-state index in [9.17, 15) is 4.79 Å². The Kier molecular flexibility index (Phi) is 4.36. The fourth-order valence-corrected chi connectivity index (χ4v) is 3.86. The van der Waals surface area contributed by atoms with E-state index < -0.39 is 0 Å². The summed E-state index contributed by atoms with van der Waals surface area (Å²) >= 11 is 6.04. The van der Waals surface area contributed by atoms with Gasteiger partial charge in [-0.25, -0.2) is 0 Å². The maximum absolute atomic E-state index is 12.6. The van der Waals surface area contributed by atoms with Gasteiger partial charge in [-0.05, 0) is 60.3 Å². The molecule has 4 rings (SSSR count). The standard InChI is InChI=1S/C19H21ClN4O/c1-11-16(15-4-5-21-8-13(15)9-22-11)10-23-19(25)18-7-12-6-14(20)2-3-17(12)24-18/h2-3,6,9,18,21,24H,4-5,7-8,10H2,1H3,(H,23,25). The monoisotopic (exact) mass is 356 g/mol. The molecule has 2 aromatic rings. The highest BCUT2D eigenvalue weighted by Gasteiger charge is 2.27. The number of halogens is 1. The molecule has 6 heteroatoms. The molecule has 3 heterocycles. The normalized spacial score (nSPS) is 18.2. The van der Waals surface area contributed by atoms with Crippen molar-refractivity contribution in [1.29, 1.82) is 0 Å². The number of hydrogen-bond donors (Lipinski definition) is 3. The van der Waals surface area contributed by atoms with Crippen molar-refractivity contribution in [1.82, 2.24) is 15.6 Å². The molecule has 3 N–H and O–H groups in total. The molecule has 1 aromatic carbocycles.